The van der Waals surface area contributed by atoms with Crippen LogP contribution in [0.1, 0.15) is 41.5 Å². The molecule has 0 aliphatic rings. The van der Waals surface area contributed by atoms with Gasteiger partial charge < -0.3 is 15.0 Å². The van der Waals surface area contributed by atoms with Crippen LogP contribution in [0, 0.1) is 5.92 Å². The van der Waals surface area contributed by atoms with Gasteiger partial charge in [-0.2, -0.15) is 0 Å². The summed E-state index contributed by atoms with van der Waals surface area (Å²) in [7, 11) is 0. The zero-order valence-electron chi connectivity index (χ0n) is 14.6. The SMILES string of the molecule is CCSCOCN(C(C)=O)C(C)/C=C/C(=O)NC(C)C(C)C. The van der Waals surface area contributed by atoms with Gasteiger partial charge in [0.2, 0.25) is 11.8 Å². The number of hydrogen-bond donors (Lipinski definition) is 1. The minimum absolute atomic E-state index is 0.0744. The van der Waals surface area contributed by atoms with Crippen LogP contribution in [0.3, 0.4) is 0 Å². The summed E-state index contributed by atoms with van der Waals surface area (Å²) < 4.78 is 5.46. The van der Waals surface area contributed by atoms with Crippen LogP contribution in [0.5, 0.6) is 0 Å². The van der Waals surface area contributed by atoms with E-state index in [1.807, 2.05) is 13.8 Å². The Balaban J connectivity index is 4.42. The third-order valence-corrected chi connectivity index (χ3v) is 4.13. The molecule has 0 heterocycles. The molecule has 0 aliphatic heterocycles. The maximum atomic E-state index is 11.8. The van der Waals surface area contributed by atoms with Gasteiger partial charge in [0.05, 0.1) is 5.94 Å². The van der Waals surface area contributed by atoms with E-state index in [9.17, 15) is 9.59 Å². The lowest BCUT2D eigenvalue weighted by Crippen LogP contribution is -2.38. The Labute approximate surface area is 138 Å². The molecule has 0 aromatic heterocycles. The van der Waals surface area contributed by atoms with E-state index < -0.39 is 0 Å². The molecule has 0 aromatic carbocycles. The molecule has 0 aromatic rings. The topological polar surface area (TPSA) is 58.6 Å². The Morgan fingerprint density at radius 2 is 1.91 bits per heavy atom. The summed E-state index contributed by atoms with van der Waals surface area (Å²) in [6, 6.07) is -0.0741. The molecule has 0 aliphatic carbocycles. The summed E-state index contributed by atoms with van der Waals surface area (Å²) >= 11 is 1.66. The average molecular weight is 330 g/mol. The molecular formula is C16H30N2O3S. The van der Waals surface area contributed by atoms with Crippen LogP contribution >= 0.6 is 11.8 Å². The molecule has 6 heteroatoms. The molecule has 128 valence electrons. The van der Waals surface area contributed by atoms with Crippen molar-refractivity contribution >= 4 is 23.6 Å². The van der Waals surface area contributed by atoms with E-state index in [1.54, 1.807) is 22.7 Å². The first kappa shape index (κ1) is 21.0. The lowest BCUT2D eigenvalue weighted by Gasteiger charge is -2.25. The van der Waals surface area contributed by atoms with Crippen molar-refractivity contribution < 1.29 is 14.3 Å². The highest BCUT2D eigenvalue weighted by molar-refractivity contribution is 7.99. The fourth-order valence-corrected chi connectivity index (χ4v) is 1.90. The number of nitrogens with zero attached hydrogens (tertiary/aromatic N) is 1. The number of amides is 2. The summed E-state index contributed by atoms with van der Waals surface area (Å²) in [6.45, 7) is 11.7. The quantitative estimate of drug-likeness (QED) is 0.380. The smallest absolute Gasteiger partial charge is 0.243 e. The average Bonchev–Trinajstić information content (AvgIpc) is 2.44. The van der Waals surface area contributed by atoms with Crippen LogP contribution < -0.4 is 5.32 Å². The van der Waals surface area contributed by atoms with Crippen LogP contribution in [0.4, 0.5) is 0 Å². The Kier molecular flexibility index (Phi) is 11.0. The highest BCUT2D eigenvalue weighted by atomic mass is 32.2. The molecule has 2 atom stereocenters. The zero-order valence-corrected chi connectivity index (χ0v) is 15.4. The number of thioether (sulfide) groups is 1. The van der Waals surface area contributed by atoms with Crippen molar-refractivity contribution in [3.05, 3.63) is 12.2 Å². The molecule has 0 bridgehead atoms. The van der Waals surface area contributed by atoms with E-state index in [4.69, 9.17) is 4.74 Å². The summed E-state index contributed by atoms with van der Waals surface area (Å²) in [5, 5.41) is 2.90. The first-order valence-electron chi connectivity index (χ1n) is 7.70. The van der Waals surface area contributed by atoms with Gasteiger partial charge >= 0.3 is 0 Å². The van der Waals surface area contributed by atoms with Gasteiger partial charge in [-0.25, -0.2) is 0 Å². The number of ether oxygens (including phenoxy) is 1. The second-order valence-corrected chi connectivity index (χ2v) is 6.79. The van der Waals surface area contributed by atoms with Crippen LogP contribution in [-0.2, 0) is 14.3 Å². The second-order valence-electron chi connectivity index (χ2n) is 5.57. The highest BCUT2D eigenvalue weighted by Gasteiger charge is 2.15. The molecule has 0 saturated heterocycles. The third-order valence-electron chi connectivity index (χ3n) is 3.39. The van der Waals surface area contributed by atoms with Crippen molar-refractivity contribution in [1.82, 2.24) is 10.2 Å². The fourth-order valence-electron chi connectivity index (χ4n) is 1.54. The predicted octanol–water partition coefficient (Wildman–Crippen LogP) is 2.63. The van der Waals surface area contributed by atoms with Crippen molar-refractivity contribution in [2.75, 3.05) is 18.4 Å². The minimum Gasteiger partial charge on any atom is -0.350 e. The molecule has 0 radical (unpaired) electrons. The van der Waals surface area contributed by atoms with Gasteiger partial charge in [-0.15, -0.1) is 11.8 Å². The van der Waals surface area contributed by atoms with Crippen molar-refractivity contribution in [2.24, 2.45) is 5.92 Å². The van der Waals surface area contributed by atoms with E-state index in [-0.39, 0.29) is 30.6 Å². The van der Waals surface area contributed by atoms with Gasteiger partial charge in [0.25, 0.3) is 0 Å². The molecule has 2 unspecified atom stereocenters. The zero-order chi connectivity index (χ0) is 17.1. The first-order valence-corrected chi connectivity index (χ1v) is 8.86. The van der Waals surface area contributed by atoms with E-state index in [1.165, 1.54) is 13.0 Å². The standard InChI is InChI=1S/C16H30N2O3S/c1-7-22-11-21-10-18(15(6)19)13(4)8-9-16(20)17-14(5)12(2)3/h8-9,12-14H,7,10-11H2,1-6H3,(H,17,20)/b9-8+. The van der Waals surface area contributed by atoms with E-state index in [0.29, 0.717) is 11.9 Å². The molecule has 22 heavy (non-hydrogen) atoms. The van der Waals surface area contributed by atoms with Gasteiger partial charge in [0, 0.05) is 25.1 Å². The van der Waals surface area contributed by atoms with Crippen molar-refractivity contribution in [3.8, 4) is 0 Å². The minimum atomic E-state index is -0.191. The van der Waals surface area contributed by atoms with Gasteiger partial charge in [-0.1, -0.05) is 26.8 Å². The number of nitrogens with one attached hydrogen (secondary N) is 1. The molecule has 0 rings (SSSR count). The van der Waals surface area contributed by atoms with E-state index in [2.05, 4.69) is 26.1 Å². The van der Waals surface area contributed by atoms with Crippen LogP contribution in [-0.4, -0.2) is 47.2 Å². The van der Waals surface area contributed by atoms with Crippen molar-refractivity contribution in [1.29, 1.82) is 0 Å². The molecule has 0 spiro atoms. The largest absolute Gasteiger partial charge is 0.350 e. The third kappa shape index (κ3) is 9.10. The fraction of sp³-hybridized carbons (Fsp3) is 0.750. The summed E-state index contributed by atoms with van der Waals surface area (Å²) in [4.78, 5) is 25.1. The summed E-state index contributed by atoms with van der Waals surface area (Å²) in [5.41, 5.74) is 0. The maximum absolute atomic E-state index is 11.8. The number of hydrogen-bond acceptors (Lipinski definition) is 4. The van der Waals surface area contributed by atoms with Crippen molar-refractivity contribution in [2.45, 2.75) is 53.6 Å². The number of carbonyl (C=O) groups excluding carboxylic acids is 2. The maximum Gasteiger partial charge on any atom is 0.243 e. The van der Waals surface area contributed by atoms with Gasteiger partial charge in [0.15, 0.2) is 0 Å². The summed E-state index contributed by atoms with van der Waals surface area (Å²) in [5.74, 6) is 1.70. The molecule has 0 saturated carbocycles. The molecule has 0 fully saturated rings. The number of carbonyl (C=O) groups is 2. The number of rotatable bonds is 10. The Morgan fingerprint density at radius 1 is 1.27 bits per heavy atom. The van der Waals surface area contributed by atoms with Crippen molar-refractivity contribution in [3.63, 3.8) is 0 Å². The molecular weight excluding hydrogens is 300 g/mol. The van der Waals surface area contributed by atoms with Crippen LogP contribution in [0.2, 0.25) is 0 Å². The normalized spacial score (nSPS) is 14.1. The monoisotopic (exact) mass is 330 g/mol. The van der Waals surface area contributed by atoms with E-state index >= 15 is 0 Å². The first-order chi connectivity index (χ1) is 10.3. The molecule has 2 amide bonds. The van der Waals surface area contributed by atoms with Gasteiger partial charge in [0.1, 0.15) is 6.73 Å². The Morgan fingerprint density at radius 3 is 2.41 bits per heavy atom. The van der Waals surface area contributed by atoms with Gasteiger partial charge in [-0.3, -0.25) is 9.59 Å². The van der Waals surface area contributed by atoms with Crippen LogP contribution in [0.25, 0.3) is 0 Å². The lowest BCUT2D eigenvalue weighted by atomic mass is 10.1. The van der Waals surface area contributed by atoms with Crippen LogP contribution in [0.15, 0.2) is 12.2 Å². The van der Waals surface area contributed by atoms with E-state index in [0.717, 1.165) is 5.75 Å². The summed E-state index contributed by atoms with van der Waals surface area (Å²) in [6.07, 6.45) is 3.21. The Hall–Kier alpha value is -1.01. The predicted molar refractivity (Wildman–Crippen MR) is 92.5 cm³/mol. The highest BCUT2D eigenvalue weighted by Crippen LogP contribution is 2.05. The molecule has 5 nitrogen and oxygen atoms in total. The lowest BCUT2D eigenvalue weighted by molar-refractivity contribution is -0.135. The molecule has 1 N–H and O–H groups in total. The Bertz CT molecular complexity index is 372. The van der Waals surface area contributed by atoms with Gasteiger partial charge in [-0.05, 0) is 25.5 Å². The second kappa shape index (κ2) is 11.5.